The lowest BCUT2D eigenvalue weighted by molar-refractivity contribution is 0.200. The number of likely N-dealkylation sites (tertiary alicyclic amines) is 1. The lowest BCUT2D eigenvalue weighted by Gasteiger charge is -2.30. The van der Waals surface area contributed by atoms with Gasteiger partial charge in [0, 0.05) is 29.2 Å². The summed E-state index contributed by atoms with van der Waals surface area (Å²) in [5.74, 6) is 1.93. The van der Waals surface area contributed by atoms with E-state index in [9.17, 15) is 0 Å². The zero-order valence-corrected chi connectivity index (χ0v) is 20.9. The van der Waals surface area contributed by atoms with Crippen molar-refractivity contribution in [2.75, 3.05) is 13.1 Å². The van der Waals surface area contributed by atoms with Crippen LogP contribution in [0.5, 0.6) is 0 Å². The number of fused-ring (bicyclic) bond motifs is 2. The Morgan fingerprint density at radius 1 is 1.18 bits per heavy atom. The van der Waals surface area contributed by atoms with Gasteiger partial charge in [-0.1, -0.05) is 19.0 Å². The summed E-state index contributed by atoms with van der Waals surface area (Å²) in [6.07, 6.45) is 6.08. The monoisotopic (exact) mass is 474 g/mol. The molecule has 1 saturated heterocycles. The van der Waals surface area contributed by atoms with Crippen LogP contribution in [0.1, 0.15) is 66.0 Å². The van der Waals surface area contributed by atoms with Crippen LogP contribution in [0.3, 0.4) is 0 Å². The molecular weight excluding hydrogens is 444 g/mol. The molecule has 8 heteroatoms. The Balaban J connectivity index is 1.26. The number of H-pyrrole nitrogens is 1. The average molecular weight is 475 g/mol. The molecule has 5 aromatic rings. The third-order valence-corrected chi connectivity index (χ3v) is 8.33. The minimum absolute atomic E-state index is 0.426. The van der Waals surface area contributed by atoms with E-state index in [-0.39, 0.29) is 0 Å². The van der Waals surface area contributed by atoms with Crippen LogP contribution in [-0.2, 0) is 6.54 Å². The minimum Gasteiger partial charge on any atom is -0.361 e. The van der Waals surface area contributed by atoms with E-state index in [2.05, 4.69) is 64.2 Å². The van der Waals surface area contributed by atoms with Crippen molar-refractivity contribution in [3.05, 3.63) is 58.2 Å². The summed E-state index contributed by atoms with van der Waals surface area (Å²) in [6.45, 7) is 11.7. The van der Waals surface area contributed by atoms with E-state index in [0.29, 0.717) is 11.8 Å². The van der Waals surface area contributed by atoms with Crippen LogP contribution >= 0.6 is 11.3 Å². The first-order valence-electron chi connectivity index (χ1n) is 12.1. The molecule has 1 aliphatic heterocycles. The molecule has 0 amide bonds. The first-order chi connectivity index (χ1) is 16.5. The number of nitrogens with zero attached hydrogens (tertiary/aromatic N) is 5. The molecule has 0 saturated carbocycles. The topological polar surface area (TPSA) is 75.2 Å². The Hall–Kier alpha value is -2.97. The molecule has 176 valence electrons. The maximum Gasteiger partial charge on any atom is 0.158 e. The summed E-state index contributed by atoms with van der Waals surface area (Å²) < 4.78 is 8.51. The van der Waals surface area contributed by atoms with Crippen molar-refractivity contribution in [1.29, 1.82) is 0 Å². The van der Waals surface area contributed by atoms with Gasteiger partial charge < -0.3 is 9.51 Å². The van der Waals surface area contributed by atoms with Crippen LogP contribution < -0.4 is 0 Å². The highest BCUT2D eigenvalue weighted by Gasteiger charge is 2.25. The average Bonchev–Trinajstić information content (AvgIpc) is 3.57. The fourth-order valence-electron chi connectivity index (χ4n) is 5.33. The predicted octanol–water partition coefficient (Wildman–Crippen LogP) is 6.05. The van der Waals surface area contributed by atoms with Gasteiger partial charge in [0.15, 0.2) is 5.65 Å². The summed E-state index contributed by atoms with van der Waals surface area (Å²) in [4.78, 5) is 12.1. The molecule has 0 radical (unpaired) electrons. The van der Waals surface area contributed by atoms with E-state index in [1.54, 1.807) is 6.33 Å². The van der Waals surface area contributed by atoms with Gasteiger partial charge in [0.25, 0.3) is 0 Å². The van der Waals surface area contributed by atoms with E-state index in [4.69, 9.17) is 4.52 Å². The molecule has 0 bridgehead atoms. The Bertz CT molecular complexity index is 1460. The largest absolute Gasteiger partial charge is 0.361 e. The fraction of sp³-hybridized carbons (Fsp3) is 0.423. The molecule has 0 aliphatic carbocycles. The van der Waals surface area contributed by atoms with E-state index >= 15 is 0 Å². The van der Waals surface area contributed by atoms with Gasteiger partial charge in [0.05, 0.1) is 21.6 Å². The second kappa shape index (κ2) is 8.36. The second-order valence-electron chi connectivity index (χ2n) is 9.88. The molecular formula is C26H30N6OS. The molecule has 7 nitrogen and oxygen atoms in total. The van der Waals surface area contributed by atoms with Crippen LogP contribution in [0.4, 0.5) is 0 Å². The molecule has 0 aromatic carbocycles. The summed E-state index contributed by atoms with van der Waals surface area (Å²) in [5, 5.41) is 8.53. The van der Waals surface area contributed by atoms with Gasteiger partial charge in [-0.3, -0.25) is 4.90 Å². The van der Waals surface area contributed by atoms with Crippen LogP contribution in [0.15, 0.2) is 35.2 Å². The number of hydrogen-bond donors (Lipinski definition) is 1. The molecule has 0 unspecified atom stereocenters. The van der Waals surface area contributed by atoms with Crippen molar-refractivity contribution in [2.24, 2.45) is 0 Å². The number of pyridine rings is 1. The zero-order chi connectivity index (χ0) is 23.4. The molecule has 0 atom stereocenters. The quantitative estimate of drug-likeness (QED) is 0.336. The predicted molar refractivity (Wildman–Crippen MR) is 135 cm³/mol. The summed E-state index contributed by atoms with van der Waals surface area (Å²) in [6, 6.07) is 6.66. The third kappa shape index (κ3) is 3.75. The zero-order valence-electron chi connectivity index (χ0n) is 20.1. The number of nitrogens with one attached hydrogen (secondary N) is 1. The smallest absolute Gasteiger partial charge is 0.158 e. The lowest BCUT2D eigenvalue weighted by Crippen LogP contribution is -2.32. The second-order valence-corrected chi connectivity index (χ2v) is 11.0. The van der Waals surface area contributed by atoms with Crippen molar-refractivity contribution in [3.63, 3.8) is 0 Å². The number of aryl methyl sites for hydroxylation is 2. The third-order valence-electron chi connectivity index (χ3n) is 7.00. The van der Waals surface area contributed by atoms with E-state index in [0.717, 1.165) is 42.3 Å². The molecule has 5 aromatic heterocycles. The number of piperidine rings is 1. The van der Waals surface area contributed by atoms with Gasteiger partial charge in [0.2, 0.25) is 0 Å². The van der Waals surface area contributed by atoms with Crippen molar-refractivity contribution >= 4 is 27.2 Å². The van der Waals surface area contributed by atoms with E-state index in [1.165, 1.54) is 44.8 Å². The molecule has 34 heavy (non-hydrogen) atoms. The minimum atomic E-state index is 0.426. The molecule has 1 aliphatic rings. The Kier molecular flexibility index (Phi) is 5.30. The van der Waals surface area contributed by atoms with Crippen LogP contribution in [0.2, 0.25) is 0 Å². The number of aromatic amines is 1. The number of rotatable bonds is 5. The molecule has 6 rings (SSSR count). The molecule has 1 fully saturated rings. The fourth-order valence-corrected chi connectivity index (χ4v) is 6.81. The van der Waals surface area contributed by atoms with Crippen molar-refractivity contribution in [3.8, 4) is 11.3 Å². The van der Waals surface area contributed by atoms with Crippen LogP contribution in [0, 0.1) is 13.8 Å². The maximum absolute atomic E-state index is 5.23. The Labute approximate surface area is 202 Å². The van der Waals surface area contributed by atoms with Crippen LogP contribution in [-0.4, -0.2) is 42.7 Å². The molecule has 0 spiro atoms. The summed E-state index contributed by atoms with van der Waals surface area (Å²) in [7, 11) is 0. The Morgan fingerprint density at radius 3 is 2.74 bits per heavy atom. The van der Waals surface area contributed by atoms with Gasteiger partial charge >= 0.3 is 0 Å². The van der Waals surface area contributed by atoms with Crippen molar-refractivity contribution < 1.29 is 4.52 Å². The number of aromatic nitrogens is 5. The first-order valence-corrected chi connectivity index (χ1v) is 12.9. The standard InChI is InChI=1S/C26H30N6OS/c1-15(2)23-24(19-9-16(3)26-27-14-28-32(26)12-19)29-21-11-22(34-25(21)23)18-5-7-31(8-6-18)13-20-10-17(4)33-30-20/h9-12,14-15,18,29H,5-8,13H2,1-4H3. The molecule has 6 heterocycles. The normalized spacial score (nSPS) is 15.9. The van der Waals surface area contributed by atoms with Gasteiger partial charge in [0.1, 0.15) is 12.1 Å². The van der Waals surface area contributed by atoms with Gasteiger partial charge in [-0.25, -0.2) is 9.50 Å². The van der Waals surface area contributed by atoms with Gasteiger partial charge in [-0.2, -0.15) is 5.10 Å². The number of thiophene rings is 1. The molecule has 1 N–H and O–H groups in total. The first kappa shape index (κ1) is 21.6. The van der Waals surface area contributed by atoms with Crippen LogP contribution in [0.25, 0.3) is 27.1 Å². The Morgan fingerprint density at radius 2 is 2.00 bits per heavy atom. The van der Waals surface area contributed by atoms with Gasteiger partial charge in [-0.05, 0) is 74.9 Å². The van der Waals surface area contributed by atoms with Gasteiger partial charge in [-0.15, -0.1) is 11.3 Å². The highest BCUT2D eigenvalue weighted by Crippen LogP contribution is 2.43. The van der Waals surface area contributed by atoms with E-state index < -0.39 is 0 Å². The van der Waals surface area contributed by atoms with Crippen molar-refractivity contribution in [1.82, 2.24) is 29.6 Å². The van der Waals surface area contributed by atoms with Crippen molar-refractivity contribution in [2.45, 2.75) is 58.9 Å². The summed E-state index contributed by atoms with van der Waals surface area (Å²) in [5.41, 5.74) is 8.13. The summed E-state index contributed by atoms with van der Waals surface area (Å²) >= 11 is 1.98. The lowest BCUT2D eigenvalue weighted by atomic mass is 9.95. The highest BCUT2D eigenvalue weighted by molar-refractivity contribution is 7.19. The highest BCUT2D eigenvalue weighted by atomic mass is 32.1. The number of hydrogen-bond acceptors (Lipinski definition) is 6. The maximum atomic E-state index is 5.23. The van der Waals surface area contributed by atoms with E-state index in [1.807, 2.05) is 28.8 Å². The SMILES string of the molecule is Cc1cc(CN2CCC(c3cc4[nH]c(-c5cc(C)c6ncnn6c5)c(C(C)C)c4s3)CC2)no1.